The van der Waals surface area contributed by atoms with Crippen LogP contribution in [0.4, 0.5) is 0 Å². The zero-order chi connectivity index (χ0) is 17.3. The van der Waals surface area contributed by atoms with Crippen molar-refractivity contribution in [3.8, 4) is 17.2 Å². The predicted molar refractivity (Wildman–Crippen MR) is 82.4 cm³/mol. The van der Waals surface area contributed by atoms with Gasteiger partial charge in [-0.25, -0.2) is 0 Å². The lowest BCUT2D eigenvalue weighted by molar-refractivity contribution is -0.140. The standard InChI is InChI=1S/C17H16O7/c1-9-5-12(18)16(20)17(24-9)11(7-15(19)21-2)10-3-4-13-14(6-10)23-8-22-13/h3-6,11,20H,7-8H2,1-2H3. The summed E-state index contributed by atoms with van der Waals surface area (Å²) in [4.78, 5) is 23.7. The lowest BCUT2D eigenvalue weighted by atomic mass is 9.92. The molecule has 0 radical (unpaired) electrons. The molecule has 1 aliphatic rings. The molecule has 1 aliphatic heterocycles. The summed E-state index contributed by atoms with van der Waals surface area (Å²) in [7, 11) is 1.27. The molecule has 126 valence electrons. The number of esters is 1. The van der Waals surface area contributed by atoms with E-state index in [1.54, 1.807) is 25.1 Å². The van der Waals surface area contributed by atoms with Crippen molar-refractivity contribution >= 4 is 5.97 Å². The highest BCUT2D eigenvalue weighted by Crippen LogP contribution is 2.39. The van der Waals surface area contributed by atoms with Gasteiger partial charge in [0.2, 0.25) is 18.0 Å². The van der Waals surface area contributed by atoms with Crippen LogP contribution in [0.15, 0.2) is 33.5 Å². The number of hydrogen-bond acceptors (Lipinski definition) is 7. The van der Waals surface area contributed by atoms with Crippen molar-refractivity contribution in [1.82, 2.24) is 0 Å². The maximum absolute atomic E-state index is 11.9. The van der Waals surface area contributed by atoms with E-state index < -0.39 is 23.1 Å². The fourth-order valence-corrected chi connectivity index (χ4v) is 2.60. The van der Waals surface area contributed by atoms with E-state index in [1.165, 1.54) is 13.2 Å². The quantitative estimate of drug-likeness (QED) is 0.856. The average molecular weight is 332 g/mol. The first-order valence-corrected chi connectivity index (χ1v) is 7.29. The summed E-state index contributed by atoms with van der Waals surface area (Å²) in [6.07, 6.45) is -0.101. The van der Waals surface area contributed by atoms with E-state index in [2.05, 4.69) is 0 Å². The third kappa shape index (κ3) is 2.92. The lowest BCUT2D eigenvalue weighted by Gasteiger charge is -2.17. The Kier molecular flexibility index (Phi) is 4.16. The molecule has 7 nitrogen and oxygen atoms in total. The molecule has 2 aromatic rings. The molecule has 1 aromatic heterocycles. The van der Waals surface area contributed by atoms with Crippen molar-refractivity contribution in [2.24, 2.45) is 0 Å². The van der Waals surface area contributed by atoms with Gasteiger partial charge < -0.3 is 23.7 Å². The summed E-state index contributed by atoms with van der Waals surface area (Å²) in [6, 6.07) is 6.31. The van der Waals surface area contributed by atoms with E-state index in [0.717, 1.165) is 0 Å². The molecule has 1 atom stereocenters. The molecule has 0 saturated heterocycles. The van der Waals surface area contributed by atoms with E-state index in [1.807, 2.05) is 0 Å². The van der Waals surface area contributed by atoms with E-state index in [9.17, 15) is 14.7 Å². The van der Waals surface area contributed by atoms with Crippen LogP contribution < -0.4 is 14.9 Å². The number of carbonyl (C=O) groups excluding carboxylic acids is 1. The van der Waals surface area contributed by atoms with Crippen LogP contribution in [-0.4, -0.2) is 25.0 Å². The van der Waals surface area contributed by atoms with Gasteiger partial charge in [-0.2, -0.15) is 0 Å². The summed E-state index contributed by atoms with van der Waals surface area (Å²) < 4.78 is 20.9. The Morgan fingerprint density at radius 2 is 2.04 bits per heavy atom. The van der Waals surface area contributed by atoms with Gasteiger partial charge in [-0.05, 0) is 24.6 Å². The minimum absolute atomic E-state index is 0.0178. The van der Waals surface area contributed by atoms with E-state index in [4.69, 9.17) is 18.6 Å². The number of methoxy groups -OCH3 is 1. The lowest BCUT2D eigenvalue weighted by Crippen LogP contribution is -2.13. The molecule has 7 heteroatoms. The molecule has 1 aromatic carbocycles. The Balaban J connectivity index is 2.10. The molecular weight excluding hydrogens is 316 g/mol. The van der Waals surface area contributed by atoms with Crippen LogP contribution in [0.3, 0.4) is 0 Å². The number of carbonyl (C=O) groups is 1. The van der Waals surface area contributed by atoms with Crippen LogP contribution in [0, 0.1) is 6.92 Å². The number of aromatic hydroxyl groups is 1. The van der Waals surface area contributed by atoms with Crippen molar-refractivity contribution in [2.75, 3.05) is 13.9 Å². The van der Waals surface area contributed by atoms with Crippen molar-refractivity contribution in [2.45, 2.75) is 19.3 Å². The molecule has 1 unspecified atom stereocenters. The molecule has 0 spiro atoms. The third-order valence-corrected chi connectivity index (χ3v) is 3.79. The molecule has 0 amide bonds. The van der Waals surface area contributed by atoms with Crippen molar-refractivity contribution in [3.05, 3.63) is 51.6 Å². The van der Waals surface area contributed by atoms with Gasteiger partial charge in [-0.3, -0.25) is 9.59 Å². The highest BCUT2D eigenvalue weighted by atomic mass is 16.7. The SMILES string of the molecule is COC(=O)CC(c1ccc2c(c1)OCO2)c1oc(C)cc(=O)c1O. The van der Waals surface area contributed by atoms with Crippen molar-refractivity contribution in [1.29, 1.82) is 0 Å². The summed E-state index contributed by atoms with van der Waals surface area (Å²) in [5.74, 6) is -0.247. The maximum Gasteiger partial charge on any atom is 0.306 e. The second kappa shape index (κ2) is 6.27. The minimum atomic E-state index is -0.695. The molecule has 3 rings (SSSR count). The largest absolute Gasteiger partial charge is 0.502 e. The smallest absolute Gasteiger partial charge is 0.306 e. The van der Waals surface area contributed by atoms with Gasteiger partial charge in [0, 0.05) is 6.07 Å². The van der Waals surface area contributed by atoms with E-state index >= 15 is 0 Å². The van der Waals surface area contributed by atoms with Crippen LogP contribution >= 0.6 is 0 Å². The molecule has 0 fully saturated rings. The Bertz CT molecular complexity index is 837. The molecule has 24 heavy (non-hydrogen) atoms. The molecular formula is C17H16O7. The van der Waals surface area contributed by atoms with Crippen molar-refractivity contribution < 1.29 is 28.5 Å². The number of rotatable bonds is 4. The average Bonchev–Trinajstić information content (AvgIpc) is 3.03. The number of hydrogen-bond donors (Lipinski definition) is 1. The Morgan fingerprint density at radius 3 is 2.79 bits per heavy atom. The third-order valence-electron chi connectivity index (χ3n) is 3.79. The number of benzene rings is 1. The normalized spacial score (nSPS) is 13.6. The van der Waals surface area contributed by atoms with Gasteiger partial charge in [0.1, 0.15) is 5.76 Å². The summed E-state index contributed by atoms with van der Waals surface area (Å²) in [6.45, 7) is 1.71. The second-order valence-electron chi connectivity index (χ2n) is 5.38. The summed E-state index contributed by atoms with van der Waals surface area (Å²) in [5.41, 5.74) is 0.0676. The van der Waals surface area contributed by atoms with Crippen LogP contribution in [0.1, 0.15) is 29.4 Å². The molecule has 0 bridgehead atoms. The Labute approximate surface area is 137 Å². The van der Waals surface area contributed by atoms with Crippen molar-refractivity contribution in [3.63, 3.8) is 0 Å². The number of aryl methyl sites for hydroxylation is 1. The molecule has 0 saturated carbocycles. The fourth-order valence-electron chi connectivity index (χ4n) is 2.60. The zero-order valence-corrected chi connectivity index (χ0v) is 13.2. The van der Waals surface area contributed by atoms with Gasteiger partial charge in [0.05, 0.1) is 19.4 Å². The van der Waals surface area contributed by atoms with Gasteiger partial charge in [-0.15, -0.1) is 0 Å². The van der Waals surface area contributed by atoms with Crippen LogP contribution in [-0.2, 0) is 9.53 Å². The first-order valence-electron chi connectivity index (χ1n) is 7.29. The van der Waals surface area contributed by atoms with Gasteiger partial charge >= 0.3 is 5.97 Å². The van der Waals surface area contributed by atoms with E-state index in [-0.39, 0.29) is 19.0 Å². The second-order valence-corrected chi connectivity index (χ2v) is 5.38. The summed E-state index contributed by atoms with van der Waals surface area (Å²) in [5, 5.41) is 10.1. The number of ether oxygens (including phenoxy) is 3. The highest BCUT2D eigenvalue weighted by Gasteiger charge is 2.27. The Morgan fingerprint density at radius 1 is 1.29 bits per heavy atom. The fraction of sp³-hybridized carbons (Fsp3) is 0.294. The molecule has 0 aliphatic carbocycles. The monoisotopic (exact) mass is 332 g/mol. The highest BCUT2D eigenvalue weighted by molar-refractivity contribution is 5.71. The molecule has 2 heterocycles. The maximum atomic E-state index is 11.9. The first kappa shape index (κ1) is 15.9. The topological polar surface area (TPSA) is 95.2 Å². The van der Waals surface area contributed by atoms with Crippen LogP contribution in [0.25, 0.3) is 0 Å². The molecule has 1 N–H and O–H groups in total. The van der Waals surface area contributed by atoms with Crippen LogP contribution in [0.5, 0.6) is 17.2 Å². The van der Waals surface area contributed by atoms with Gasteiger partial charge in [0.15, 0.2) is 17.3 Å². The minimum Gasteiger partial charge on any atom is -0.502 e. The zero-order valence-electron chi connectivity index (χ0n) is 13.2. The van der Waals surface area contributed by atoms with Crippen LogP contribution in [0.2, 0.25) is 0 Å². The number of fused-ring (bicyclic) bond motifs is 1. The predicted octanol–water partition coefficient (Wildman–Crippen LogP) is 2.08. The Hall–Kier alpha value is -2.96. The van der Waals surface area contributed by atoms with Gasteiger partial charge in [-0.1, -0.05) is 6.07 Å². The van der Waals surface area contributed by atoms with Gasteiger partial charge in [0.25, 0.3) is 0 Å². The summed E-state index contributed by atoms with van der Waals surface area (Å²) >= 11 is 0. The first-order chi connectivity index (χ1) is 11.5. The van der Waals surface area contributed by atoms with E-state index in [0.29, 0.717) is 22.8 Å².